The Morgan fingerprint density at radius 2 is 1.64 bits per heavy atom. The summed E-state index contributed by atoms with van der Waals surface area (Å²) in [6.45, 7) is 8.01. The minimum absolute atomic E-state index is 0.425. The van der Waals surface area contributed by atoms with E-state index < -0.39 is 0 Å². The molecule has 0 N–H and O–H groups in total. The van der Waals surface area contributed by atoms with Crippen LogP contribution in [-0.2, 0) is 0 Å². The van der Waals surface area contributed by atoms with Crippen molar-refractivity contribution in [3.8, 4) is 23.0 Å². The van der Waals surface area contributed by atoms with Gasteiger partial charge in [-0.3, -0.25) is 0 Å². The molecule has 2 rings (SSSR count). The van der Waals surface area contributed by atoms with Gasteiger partial charge in [-0.15, -0.1) is 0 Å². The minimum atomic E-state index is 0.425. The fourth-order valence-electron chi connectivity index (χ4n) is 2.95. The van der Waals surface area contributed by atoms with E-state index in [9.17, 15) is 0 Å². The van der Waals surface area contributed by atoms with Crippen molar-refractivity contribution in [1.29, 1.82) is 0 Å². The number of aromatic nitrogens is 2. The first-order valence-electron chi connectivity index (χ1n) is 10.9. The topological polar surface area (TPSA) is 44.2 Å². The summed E-state index contributed by atoms with van der Waals surface area (Å²) in [7, 11) is 0. The van der Waals surface area contributed by atoms with E-state index in [1.807, 2.05) is 30.3 Å². The highest BCUT2D eigenvalue weighted by Gasteiger charge is 2.12. The first-order valence-corrected chi connectivity index (χ1v) is 10.9. The molecule has 1 heterocycles. The Kier molecular flexibility index (Phi) is 10.4. The highest BCUT2D eigenvalue weighted by molar-refractivity contribution is 5.65. The van der Waals surface area contributed by atoms with E-state index in [0.717, 1.165) is 36.3 Å². The second-order valence-electron chi connectivity index (χ2n) is 7.50. The van der Waals surface area contributed by atoms with Crippen LogP contribution in [0.2, 0.25) is 0 Å². The van der Waals surface area contributed by atoms with Crippen LogP contribution in [0.5, 0.6) is 11.8 Å². The van der Waals surface area contributed by atoms with Crippen LogP contribution >= 0.6 is 0 Å². The molecule has 0 saturated heterocycles. The van der Waals surface area contributed by atoms with Gasteiger partial charge in [-0.05, 0) is 18.8 Å². The standard InChI is InChI=1S/C24H36N2O2/c1-4-6-7-8-9-13-17-27-22-19-25-24(28-18-16-20(3)5-2)26-23(22)21-14-11-10-12-15-21/h10-12,14-15,19-20H,4-9,13,16-18H2,1-3H3. The molecule has 1 unspecified atom stereocenters. The zero-order chi connectivity index (χ0) is 20.0. The van der Waals surface area contributed by atoms with Crippen molar-refractivity contribution in [2.45, 2.75) is 72.1 Å². The lowest BCUT2D eigenvalue weighted by Crippen LogP contribution is -2.07. The molecule has 0 aliphatic carbocycles. The average molecular weight is 385 g/mol. The lowest BCUT2D eigenvalue weighted by atomic mass is 10.1. The summed E-state index contributed by atoms with van der Waals surface area (Å²) in [4.78, 5) is 9.02. The van der Waals surface area contributed by atoms with Crippen LogP contribution in [0.4, 0.5) is 0 Å². The molecule has 0 amide bonds. The van der Waals surface area contributed by atoms with Gasteiger partial charge in [0, 0.05) is 5.56 Å². The van der Waals surface area contributed by atoms with Crippen molar-refractivity contribution in [3.05, 3.63) is 36.5 Å². The summed E-state index contributed by atoms with van der Waals surface area (Å²) in [6, 6.07) is 10.5. The van der Waals surface area contributed by atoms with Crippen LogP contribution in [0.25, 0.3) is 11.3 Å². The van der Waals surface area contributed by atoms with Crippen molar-refractivity contribution in [2.24, 2.45) is 5.92 Å². The molecule has 1 atom stereocenters. The molecular weight excluding hydrogens is 348 g/mol. The molecule has 154 valence electrons. The monoisotopic (exact) mass is 384 g/mol. The van der Waals surface area contributed by atoms with Gasteiger partial charge in [0.05, 0.1) is 19.4 Å². The number of ether oxygens (including phenoxy) is 2. The highest BCUT2D eigenvalue weighted by Crippen LogP contribution is 2.29. The maximum absolute atomic E-state index is 6.03. The summed E-state index contributed by atoms with van der Waals surface area (Å²) in [6.07, 6.45) is 11.4. The average Bonchev–Trinajstić information content (AvgIpc) is 2.74. The first-order chi connectivity index (χ1) is 13.7. The van der Waals surface area contributed by atoms with Crippen LogP contribution in [0, 0.1) is 5.92 Å². The van der Waals surface area contributed by atoms with E-state index in [1.165, 1.54) is 32.1 Å². The SMILES string of the molecule is CCCCCCCCOc1cnc(OCCC(C)CC)nc1-c1ccccc1. The third-order valence-corrected chi connectivity index (χ3v) is 5.07. The van der Waals surface area contributed by atoms with Crippen molar-refractivity contribution >= 4 is 0 Å². The quantitative estimate of drug-likeness (QED) is 0.340. The number of hydrogen-bond acceptors (Lipinski definition) is 4. The Balaban J connectivity index is 1.97. The molecule has 0 aliphatic rings. The van der Waals surface area contributed by atoms with Gasteiger partial charge in [0.1, 0.15) is 5.69 Å². The molecule has 0 spiro atoms. The van der Waals surface area contributed by atoms with Gasteiger partial charge >= 0.3 is 6.01 Å². The lowest BCUT2D eigenvalue weighted by Gasteiger charge is -2.13. The fraction of sp³-hybridized carbons (Fsp3) is 0.583. The molecule has 4 nitrogen and oxygen atoms in total. The van der Waals surface area contributed by atoms with Crippen LogP contribution < -0.4 is 9.47 Å². The van der Waals surface area contributed by atoms with Gasteiger partial charge in [-0.25, -0.2) is 0 Å². The zero-order valence-corrected chi connectivity index (χ0v) is 17.8. The van der Waals surface area contributed by atoms with Gasteiger partial charge in [0.2, 0.25) is 0 Å². The predicted molar refractivity (Wildman–Crippen MR) is 116 cm³/mol. The van der Waals surface area contributed by atoms with Crippen molar-refractivity contribution in [1.82, 2.24) is 9.97 Å². The molecule has 2 aromatic rings. The summed E-state index contributed by atoms with van der Waals surface area (Å²) in [5, 5.41) is 0. The smallest absolute Gasteiger partial charge is 0.317 e. The zero-order valence-electron chi connectivity index (χ0n) is 17.8. The molecule has 0 aliphatic heterocycles. The van der Waals surface area contributed by atoms with Gasteiger partial charge in [0.25, 0.3) is 0 Å². The van der Waals surface area contributed by atoms with Crippen LogP contribution in [0.3, 0.4) is 0 Å². The first kappa shape index (κ1) is 22.2. The molecule has 1 aromatic carbocycles. The van der Waals surface area contributed by atoms with E-state index in [-0.39, 0.29) is 0 Å². The normalized spacial score (nSPS) is 12.0. The van der Waals surface area contributed by atoms with Crippen molar-refractivity contribution < 1.29 is 9.47 Å². The minimum Gasteiger partial charge on any atom is -0.490 e. The number of rotatable bonds is 14. The Labute approximate surface area is 170 Å². The third-order valence-electron chi connectivity index (χ3n) is 5.07. The number of hydrogen-bond donors (Lipinski definition) is 0. The molecule has 0 bridgehead atoms. The highest BCUT2D eigenvalue weighted by atomic mass is 16.5. The predicted octanol–water partition coefficient (Wildman–Crippen LogP) is 6.70. The fourth-order valence-corrected chi connectivity index (χ4v) is 2.95. The third kappa shape index (κ3) is 7.87. The second kappa shape index (κ2) is 13.1. The van der Waals surface area contributed by atoms with Crippen LogP contribution in [0.15, 0.2) is 36.5 Å². The Morgan fingerprint density at radius 3 is 2.39 bits per heavy atom. The van der Waals surface area contributed by atoms with Crippen LogP contribution in [-0.4, -0.2) is 23.2 Å². The summed E-state index contributed by atoms with van der Waals surface area (Å²) < 4.78 is 11.8. The molecule has 1 aromatic heterocycles. The molecular formula is C24H36N2O2. The summed E-state index contributed by atoms with van der Waals surface area (Å²) in [5.74, 6) is 1.38. The second-order valence-corrected chi connectivity index (χ2v) is 7.50. The van der Waals surface area contributed by atoms with E-state index in [1.54, 1.807) is 6.20 Å². The molecule has 0 radical (unpaired) electrons. The number of benzene rings is 1. The molecule has 0 fully saturated rings. The van der Waals surface area contributed by atoms with Gasteiger partial charge in [-0.2, -0.15) is 9.97 Å². The summed E-state index contributed by atoms with van der Waals surface area (Å²) >= 11 is 0. The van der Waals surface area contributed by atoms with Gasteiger partial charge in [-0.1, -0.05) is 89.6 Å². The Bertz CT molecular complexity index is 661. The Morgan fingerprint density at radius 1 is 0.893 bits per heavy atom. The van der Waals surface area contributed by atoms with E-state index in [4.69, 9.17) is 9.47 Å². The molecule has 28 heavy (non-hydrogen) atoms. The largest absolute Gasteiger partial charge is 0.490 e. The van der Waals surface area contributed by atoms with Crippen molar-refractivity contribution in [3.63, 3.8) is 0 Å². The lowest BCUT2D eigenvalue weighted by molar-refractivity contribution is 0.258. The Hall–Kier alpha value is -2.10. The summed E-state index contributed by atoms with van der Waals surface area (Å²) in [5.41, 5.74) is 1.83. The number of nitrogens with zero attached hydrogens (tertiary/aromatic N) is 2. The van der Waals surface area contributed by atoms with Crippen molar-refractivity contribution in [2.75, 3.05) is 13.2 Å². The molecule has 0 saturated carbocycles. The van der Waals surface area contributed by atoms with E-state index in [0.29, 0.717) is 25.1 Å². The van der Waals surface area contributed by atoms with E-state index in [2.05, 4.69) is 30.7 Å². The van der Waals surface area contributed by atoms with Gasteiger partial charge < -0.3 is 9.47 Å². The van der Waals surface area contributed by atoms with Gasteiger partial charge in [0.15, 0.2) is 5.75 Å². The van der Waals surface area contributed by atoms with E-state index >= 15 is 0 Å². The van der Waals surface area contributed by atoms with Crippen LogP contribution in [0.1, 0.15) is 72.1 Å². The maximum Gasteiger partial charge on any atom is 0.317 e. The maximum atomic E-state index is 6.03. The number of unbranched alkanes of at least 4 members (excludes halogenated alkanes) is 5. The molecule has 4 heteroatoms.